The molecule has 0 aliphatic rings. The zero-order valence-corrected chi connectivity index (χ0v) is 9.58. The molecule has 0 N–H and O–H groups in total. The van der Waals surface area contributed by atoms with E-state index in [0.29, 0.717) is 7.11 Å². The molecular weight excluding hydrogens is 275 g/mol. The summed E-state index contributed by atoms with van der Waals surface area (Å²) >= 11 is 0. The topological polar surface area (TPSA) is 35.5 Å². The van der Waals surface area contributed by atoms with Crippen molar-refractivity contribution in [1.82, 2.24) is 0 Å². The van der Waals surface area contributed by atoms with Crippen LogP contribution in [0.3, 0.4) is 0 Å². The number of esters is 1. The fourth-order valence-electron chi connectivity index (χ4n) is 1.28. The summed E-state index contributed by atoms with van der Waals surface area (Å²) in [4.78, 5) is 10.9. The largest absolute Gasteiger partial charge is 0.468 e. The van der Waals surface area contributed by atoms with Gasteiger partial charge in [0.25, 0.3) is 5.92 Å². The standard InChI is InChI=1S/C11H9F5O3/c1-18-9(17)8(10(12,13)14)11(15,16)19-7-5-3-2-4-6-7/h2-6,8H,1H3. The summed E-state index contributed by atoms with van der Waals surface area (Å²) in [7, 11) is 0.583. The van der Waals surface area contributed by atoms with Crippen LogP contribution in [0.15, 0.2) is 30.3 Å². The van der Waals surface area contributed by atoms with Gasteiger partial charge in [0.1, 0.15) is 5.75 Å². The van der Waals surface area contributed by atoms with E-state index in [1.165, 1.54) is 18.2 Å². The van der Waals surface area contributed by atoms with E-state index in [4.69, 9.17) is 0 Å². The van der Waals surface area contributed by atoms with E-state index in [9.17, 15) is 26.7 Å². The maximum absolute atomic E-state index is 13.5. The highest BCUT2D eigenvalue weighted by molar-refractivity contribution is 5.74. The van der Waals surface area contributed by atoms with Crippen LogP contribution in [0.25, 0.3) is 0 Å². The van der Waals surface area contributed by atoms with Gasteiger partial charge >= 0.3 is 18.3 Å². The van der Waals surface area contributed by atoms with Gasteiger partial charge in [0, 0.05) is 0 Å². The average Bonchev–Trinajstić information content (AvgIpc) is 2.27. The number of halogens is 5. The van der Waals surface area contributed by atoms with Crippen molar-refractivity contribution >= 4 is 5.97 Å². The van der Waals surface area contributed by atoms with E-state index in [2.05, 4.69) is 9.47 Å². The van der Waals surface area contributed by atoms with Gasteiger partial charge in [-0.25, -0.2) is 0 Å². The van der Waals surface area contributed by atoms with Crippen molar-refractivity contribution in [3.05, 3.63) is 30.3 Å². The van der Waals surface area contributed by atoms with Crippen LogP contribution in [0, 0.1) is 5.92 Å². The highest BCUT2D eigenvalue weighted by Gasteiger charge is 2.63. The Balaban J connectivity index is 3.03. The number of carbonyl (C=O) groups excluding carboxylic acids is 1. The molecule has 106 valence electrons. The molecule has 0 saturated heterocycles. The summed E-state index contributed by atoms with van der Waals surface area (Å²) in [5.41, 5.74) is 0. The Morgan fingerprint density at radius 2 is 1.63 bits per heavy atom. The van der Waals surface area contributed by atoms with E-state index in [-0.39, 0.29) is 0 Å². The smallest absolute Gasteiger partial charge is 0.420 e. The lowest BCUT2D eigenvalue weighted by molar-refractivity contribution is -0.299. The van der Waals surface area contributed by atoms with Crippen molar-refractivity contribution in [2.24, 2.45) is 5.92 Å². The SMILES string of the molecule is COC(=O)C(C(F)(F)F)C(F)(F)Oc1ccccc1. The molecule has 8 heteroatoms. The second-order valence-corrected chi connectivity index (χ2v) is 3.47. The molecule has 1 rings (SSSR count). The van der Waals surface area contributed by atoms with Crippen LogP contribution >= 0.6 is 0 Å². The predicted molar refractivity (Wildman–Crippen MR) is 53.6 cm³/mol. The Morgan fingerprint density at radius 1 is 1.11 bits per heavy atom. The summed E-state index contributed by atoms with van der Waals surface area (Å²) in [6, 6.07) is 6.14. The second kappa shape index (κ2) is 5.41. The zero-order valence-electron chi connectivity index (χ0n) is 9.58. The molecule has 1 aromatic carbocycles. The van der Waals surface area contributed by atoms with Crippen LogP contribution < -0.4 is 4.74 Å². The minimum absolute atomic E-state index is 0.495. The predicted octanol–water partition coefficient (Wildman–Crippen LogP) is 3.01. The summed E-state index contributed by atoms with van der Waals surface area (Å²) in [5, 5.41) is 0. The molecular formula is C11H9F5O3. The summed E-state index contributed by atoms with van der Waals surface area (Å²) in [6.07, 6.45) is -10.3. The van der Waals surface area contributed by atoms with Crippen LogP contribution in [0.5, 0.6) is 5.75 Å². The molecule has 0 amide bonds. The van der Waals surface area contributed by atoms with Gasteiger partial charge in [-0.2, -0.15) is 22.0 Å². The molecule has 0 aliphatic carbocycles. The minimum atomic E-state index is -5.49. The van der Waals surface area contributed by atoms with Gasteiger partial charge in [-0.3, -0.25) is 4.79 Å². The van der Waals surface area contributed by atoms with Gasteiger partial charge in [-0.15, -0.1) is 0 Å². The minimum Gasteiger partial charge on any atom is -0.468 e. The summed E-state index contributed by atoms with van der Waals surface area (Å²) < 4.78 is 72.1. The van der Waals surface area contributed by atoms with E-state index in [1.807, 2.05) is 0 Å². The van der Waals surface area contributed by atoms with Crippen molar-refractivity contribution in [2.45, 2.75) is 12.3 Å². The van der Waals surface area contributed by atoms with Gasteiger partial charge in [0.05, 0.1) is 7.11 Å². The van der Waals surface area contributed by atoms with Crippen molar-refractivity contribution < 1.29 is 36.2 Å². The molecule has 0 bridgehead atoms. The molecule has 0 heterocycles. The number of alkyl halides is 5. The molecule has 0 aromatic heterocycles. The third-order valence-electron chi connectivity index (χ3n) is 2.10. The van der Waals surface area contributed by atoms with E-state index in [0.717, 1.165) is 12.1 Å². The van der Waals surface area contributed by atoms with Gasteiger partial charge in [-0.05, 0) is 12.1 Å². The van der Waals surface area contributed by atoms with Gasteiger partial charge in [-0.1, -0.05) is 18.2 Å². The number of methoxy groups -OCH3 is 1. The number of hydrogen-bond acceptors (Lipinski definition) is 3. The summed E-state index contributed by atoms with van der Waals surface area (Å²) in [5.74, 6) is -6.30. The van der Waals surface area contributed by atoms with E-state index in [1.54, 1.807) is 0 Å². The highest BCUT2D eigenvalue weighted by atomic mass is 19.4. The van der Waals surface area contributed by atoms with Gasteiger partial charge in [0.15, 0.2) is 0 Å². The van der Waals surface area contributed by atoms with Crippen LogP contribution in [-0.2, 0) is 9.53 Å². The Labute approximate surface area is 104 Å². The summed E-state index contributed by atoms with van der Waals surface area (Å²) in [6.45, 7) is 0. The number of rotatable bonds is 4. The Kier molecular flexibility index (Phi) is 4.33. The fourth-order valence-corrected chi connectivity index (χ4v) is 1.28. The first-order valence-corrected chi connectivity index (χ1v) is 4.95. The molecule has 0 aliphatic heterocycles. The molecule has 1 aromatic rings. The van der Waals surface area contributed by atoms with Crippen molar-refractivity contribution in [2.75, 3.05) is 7.11 Å². The quantitative estimate of drug-likeness (QED) is 0.630. The molecule has 1 atom stereocenters. The van der Waals surface area contributed by atoms with E-state index < -0.39 is 29.9 Å². The second-order valence-electron chi connectivity index (χ2n) is 3.47. The molecule has 0 spiro atoms. The number of hydrogen-bond donors (Lipinski definition) is 0. The molecule has 19 heavy (non-hydrogen) atoms. The lowest BCUT2D eigenvalue weighted by Crippen LogP contribution is -2.48. The number of para-hydroxylation sites is 1. The van der Waals surface area contributed by atoms with Crippen LogP contribution in [0.1, 0.15) is 0 Å². The maximum atomic E-state index is 13.5. The zero-order chi connectivity index (χ0) is 14.7. The average molecular weight is 284 g/mol. The normalized spacial score (nSPS) is 13.8. The van der Waals surface area contributed by atoms with Crippen molar-refractivity contribution in [3.8, 4) is 5.75 Å². The number of benzene rings is 1. The first kappa shape index (κ1) is 15.2. The maximum Gasteiger partial charge on any atom is 0.420 e. The first-order chi connectivity index (χ1) is 8.68. The molecule has 0 radical (unpaired) electrons. The third kappa shape index (κ3) is 3.80. The number of ether oxygens (including phenoxy) is 2. The number of carbonyl (C=O) groups is 1. The Morgan fingerprint density at radius 3 is 2.05 bits per heavy atom. The lowest BCUT2D eigenvalue weighted by Gasteiger charge is -2.26. The molecule has 0 fully saturated rings. The molecule has 3 nitrogen and oxygen atoms in total. The van der Waals surface area contributed by atoms with Crippen LogP contribution in [-0.4, -0.2) is 25.4 Å². The lowest BCUT2D eigenvalue weighted by atomic mass is 10.1. The van der Waals surface area contributed by atoms with Gasteiger partial charge in [0.2, 0.25) is 0 Å². The molecule has 0 saturated carbocycles. The van der Waals surface area contributed by atoms with Crippen molar-refractivity contribution in [3.63, 3.8) is 0 Å². The van der Waals surface area contributed by atoms with Gasteiger partial charge < -0.3 is 9.47 Å². The molecule has 1 unspecified atom stereocenters. The van der Waals surface area contributed by atoms with Crippen LogP contribution in [0.2, 0.25) is 0 Å². The van der Waals surface area contributed by atoms with Crippen molar-refractivity contribution in [1.29, 1.82) is 0 Å². The fraction of sp³-hybridized carbons (Fsp3) is 0.364. The Hall–Kier alpha value is -1.86. The van der Waals surface area contributed by atoms with Crippen LogP contribution in [0.4, 0.5) is 22.0 Å². The highest BCUT2D eigenvalue weighted by Crippen LogP contribution is 2.40. The monoisotopic (exact) mass is 284 g/mol. The first-order valence-electron chi connectivity index (χ1n) is 4.95. The Bertz CT molecular complexity index is 430. The van der Waals surface area contributed by atoms with E-state index >= 15 is 0 Å². The third-order valence-corrected chi connectivity index (χ3v) is 2.10.